The summed E-state index contributed by atoms with van der Waals surface area (Å²) in [6.45, 7) is 6.24. The summed E-state index contributed by atoms with van der Waals surface area (Å²) in [4.78, 5) is 29.3. The zero-order chi connectivity index (χ0) is 19.4. The SMILES string of the molecule is CC(C)CC[C@H](C)NC(=O)Cn1cnc2c(cnn2-c2ccccc2)c1=O. The van der Waals surface area contributed by atoms with E-state index >= 15 is 0 Å². The van der Waals surface area contributed by atoms with Crippen molar-refractivity contribution in [3.63, 3.8) is 0 Å². The molecule has 0 unspecified atom stereocenters. The average molecular weight is 367 g/mol. The van der Waals surface area contributed by atoms with Gasteiger partial charge in [0.1, 0.15) is 18.3 Å². The van der Waals surface area contributed by atoms with Gasteiger partial charge in [0.25, 0.3) is 5.56 Å². The fourth-order valence-corrected chi connectivity index (χ4v) is 2.95. The van der Waals surface area contributed by atoms with Crippen molar-refractivity contribution in [1.82, 2.24) is 24.6 Å². The van der Waals surface area contributed by atoms with Gasteiger partial charge in [-0.3, -0.25) is 14.2 Å². The number of nitrogens with zero attached hydrogens (tertiary/aromatic N) is 4. The standard InChI is InChI=1S/C20H25N5O2/c1-14(2)9-10-15(3)23-18(26)12-24-13-21-19-17(20(24)27)11-22-25(19)16-7-5-4-6-8-16/h4-8,11,13-15H,9-10,12H2,1-3H3,(H,23,26)/t15-/m0/s1. The number of amides is 1. The normalized spacial score (nSPS) is 12.4. The monoisotopic (exact) mass is 367 g/mol. The van der Waals surface area contributed by atoms with Crippen molar-refractivity contribution >= 4 is 16.9 Å². The van der Waals surface area contributed by atoms with Crippen LogP contribution in [0.4, 0.5) is 0 Å². The second-order valence-corrected chi connectivity index (χ2v) is 7.25. The van der Waals surface area contributed by atoms with Crippen LogP contribution in [-0.4, -0.2) is 31.3 Å². The molecule has 1 atom stereocenters. The van der Waals surface area contributed by atoms with Crippen LogP contribution in [0, 0.1) is 5.92 Å². The van der Waals surface area contributed by atoms with Crippen molar-refractivity contribution in [3.8, 4) is 5.69 Å². The summed E-state index contributed by atoms with van der Waals surface area (Å²) < 4.78 is 2.94. The minimum atomic E-state index is -0.271. The maximum atomic E-state index is 12.7. The summed E-state index contributed by atoms with van der Waals surface area (Å²) in [7, 11) is 0. The minimum Gasteiger partial charge on any atom is -0.352 e. The van der Waals surface area contributed by atoms with Gasteiger partial charge in [0.15, 0.2) is 5.65 Å². The zero-order valence-corrected chi connectivity index (χ0v) is 15.9. The van der Waals surface area contributed by atoms with Gasteiger partial charge < -0.3 is 5.32 Å². The smallest absolute Gasteiger partial charge is 0.264 e. The molecule has 0 aliphatic heterocycles. The summed E-state index contributed by atoms with van der Waals surface area (Å²) in [5.74, 6) is 0.407. The number of benzene rings is 1. The van der Waals surface area contributed by atoms with E-state index in [1.54, 1.807) is 4.68 Å². The van der Waals surface area contributed by atoms with Crippen LogP contribution in [0.2, 0.25) is 0 Å². The van der Waals surface area contributed by atoms with Crippen LogP contribution in [0.5, 0.6) is 0 Å². The van der Waals surface area contributed by atoms with Crippen LogP contribution in [0.3, 0.4) is 0 Å². The Morgan fingerprint density at radius 1 is 1.15 bits per heavy atom. The fourth-order valence-electron chi connectivity index (χ4n) is 2.95. The number of rotatable bonds is 7. The summed E-state index contributed by atoms with van der Waals surface area (Å²) >= 11 is 0. The zero-order valence-electron chi connectivity index (χ0n) is 15.9. The Hall–Kier alpha value is -2.96. The number of aromatic nitrogens is 4. The lowest BCUT2D eigenvalue weighted by molar-refractivity contribution is -0.122. The summed E-state index contributed by atoms with van der Waals surface area (Å²) in [6, 6.07) is 9.57. The Bertz CT molecular complexity index is 975. The predicted octanol–water partition coefficient (Wildman–Crippen LogP) is 2.52. The average Bonchev–Trinajstić information content (AvgIpc) is 3.08. The van der Waals surface area contributed by atoms with Gasteiger partial charge in [0.2, 0.25) is 5.91 Å². The Kier molecular flexibility index (Phi) is 5.69. The highest BCUT2D eigenvalue weighted by Crippen LogP contribution is 2.13. The third kappa shape index (κ3) is 4.42. The molecule has 0 fully saturated rings. The lowest BCUT2D eigenvalue weighted by atomic mass is 10.0. The van der Waals surface area contributed by atoms with Crippen molar-refractivity contribution < 1.29 is 4.79 Å². The summed E-state index contributed by atoms with van der Waals surface area (Å²) in [6.07, 6.45) is 4.87. The van der Waals surface area contributed by atoms with E-state index in [0.29, 0.717) is 17.0 Å². The Labute approximate surface area is 158 Å². The van der Waals surface area contributed by atoms with Gasteiger partial charge in [-0.1, -0.05) is 32.0 Å². The number of hydrogen-bond acceptors (Lipinski definition) is 4. The molecule has 0 radical (unpaired) electrons. The van der Waals surface area contributed by atoms with Gasteiger partial charge in [0, 0.05) is 6.04 Å². The number of para-hydroxylation sites is 1. The molecule has 0 saturated heterocycles. The van der Waals surface area contributed by atoms with Crippen molar-refractivity contribution in [1.29, 1.82) is 0 Å². The molecule has 1 N–H and O–H groups in total. The number of carbonyl (C=O) groups excluding carboxylic acids is 1. The highest BCUT2D eigenvalue weighted by Gasteiger charge is 2.14. The molecule has 7 nitrogen and oxygen atoms in total. The number of carbonyl (C=O) groups is 1. The number of nitrogens with one attached hydrogen (secondary N) is 1. The molecule has 2 aromatic heterocycles. The van der Waals surface area contributed by atoms with Crippen molar-refractivity contribution in [2.24, 2.45) is 5.92 Å². The molecular weight excluding hydrogens is 342 g/mol. The molecule has 3 aromatic rings. The molecule has 1 aromatic carbocycles. The van der Waals surface area contributed by atoms with Crippen LogP contribution < -0.4 is 10.9 Å². The third-order valence-corrected chi connectivity index (χ3v) is 4.45. The van der Waals surface area contributed by atoms with Gasteiger partial charge in [-0.2, -0.15) is 5.10 Å². The van der Waals surface area contributed by atoms with Gasteiger partial charge in [-0.15, -0.1) is 0 Å². The topological polar surface area (TPSA) is 81.8 Å². The van der Waals surface area contributed by atoms with E-state index < -0.39 is 0 Å². The van der Waals surface area contributed by atoms with Gasteiger partial charge in [-0.25, -0.2) is 9.67 Å². The van der Waals surface area contributed by atoms with E-state index in [4.69, 9.17) is 0 Å². The van der Waals surface area contributed by atoms with Crippen LogP contribution in [0.1, 0.15) is 33.6 Å². The fraction of sp³-hybridized carbons (Fsp3) is 0.400. The van der Waals surface area contributed by atoms with Crippen molar-refractivity contribution in [2.45, 2.75) is 46.2 Å². The Morgan fingerprint density at radius 2 is 1.89 bits per heavy atom. The lowest BCUT2D eigenvalue weighted by Crippen LogP contribution is -2.37. The first-order valence-corrected chi connectivity index (χ1v) is 9.23. The maximum Gasteiger partial charge on any atom is 0.264 e. The molecule has 27 heavy (non-hydrogen) atoms. The second-order valence-electron chi connectivity index (χ2n) is 7.25. The molecule has 0 saturated carbocycles. The molecule has 142 valence electrons. The van der Waals surface area contributed by atoms with E-state index in [2.05, 4.69) is 29.2 Å². The summed E-state index contributed by atoms with van der Waals surface area (Å²) in [5, 5.41) is 7.61. The van der Waals surface area contributed by atoms with E-state index in [0.717, 1.165) is 18.5 Å². The molecule has 0 aliphatic rings. The van der Waals surface area contributed by atoms with Crippen LogP contribution in [0.15, 0.2) is 47.7 Å². The van der Waals surface area contributed by atoms with Crippen LogP contribution >= 0.6 is 0 Å². The lowest BCUT2D eigenvalue weighted by Gasteiger charge is -2.15. The molecule has 2 heterocycles. The van der Waals surface area contributed by atoms with Gasteiger partial charge in [-0.05, 0) is 37.8 Å². The molecule has 3 rings (SSSR count). The van der Waals surface area contributed by atoms with Crippen LogP contribution in [0.25, 0.3) is 16.7 Å². The molecule has 1 amide bonds. The van der Waals surface area contributed by atoms with Crippen LogP contribution in [-0.2, 0) is 11.3 Å². The van der Waals surface area contributed by atoms with Crippen molar-refractivity contribution in [2.75, 3.05) is 0 Å². The van der Waals surface area contributed by atoms with Gasteiger partial charge >= 0.3 is 0 Å². The first kappa shape index (κ1) is 18.8. The van der Waals surface area contributed by atoms with E-state index in [-0.39, 0.29) is 24.1 Å². The number of fused-ring (bicyclic) bond motifs is 1. The summed E-state index contributed by atoms with van der Waals surface area (Å²) in [5.41, 5.74) is 1.04. The second kappa shape index (κ2) is 8.16. The molecule has 7 heteroatoms. The highest BCUT2D eigenvalue weighted by molar-refractivity contribution is 5.78. The predicted molar refractivity (Wildman–Crippen MR) is 105 cm³/mol. The largest absolute Gasteiger partial charge is 0.352 e. The Morgan fingerprint density at radius 3 is 2.59 bits per heavy atom. The first-order valence-electron chi connectivity index (χ1n) is 9.23. The maximum absolute atomic E-state index is 12.7. The molecule has 0 spiro atoms. The molecule has 0 bridgehead atoms. The van der Waals surface area contributed by atoms with E-state index in [9.17, 15) is 9.59 Å². The van der Waals surface area contributed by atoms with E-state index in [1.165, 1.54) is 17.1 Å². The Balaban J connectivity index is 1.76. The highest BCUT2D eigenvalue weighted by atomic mass is 16.2. The quantitative estimate of drug-likeness (QED) is 0.696. The van der Waals surface area contributed by atoms with Gasteiger partial charge in [0.05, 0.1) is 11.9 Å². The molecule has 0 aliphatic carbocycles. The number of hydrogen-bond donors (Lipinski definition) is 1. The van der Waals surface area contributed by atoms with Crippen molar-refractivity contribution in [3.05, 3.63) is 53.2 Å². The molecular formula is C20H25N5O2. The van der Waals surface area contributed by atoms with E-state index in [1.807, 2.05) is 37.3 Å². The third-order valence-electron chi connectivity index (χ3n) is 4.45. The first-order chi connectivity index (χ1) is 13.0. The minimum absolute atomic E-state index is 0.0513.